The van der Waals surface area contributed by atoms with E-state index in [9.17, 15) is 13.2 Å². The molecule has 0 aromatic rings. The maximum Gasteiger partial charge on any atom is 0.324 e. The molecule has 0 amide bonds. The Morgan fingerprint density at radius 1 is 1.50 bits per heavy atom. The maximum absolute atomic E-state index is 10.5. The minimum absolute atomic E-state index is 0.0370. The summed E-state index contributed by atoms with van der Waals surface area (Å²) in [6.07, 6.45) is 1.13. The molecule has 2 N–H and O–H groups in total. The number of carbonyl (C=O) groups is 1. The van der Waals surface area contributed by atoms with Gasteiger partial charge < -0.3 is 5.11 Å². The first-order valence-electron chi connectivity index (χ1n) is 3.58. The van der Waals surface area contributed by atoms with Crippen molar-refractivity contribution < 1.29 is 22.9 Å². The van der Waals surface area contributed by atoms with Crippen molar-refractivity contribution in [1.29, 1.82) is 0 Å². The van der Waals surface area contributed by atoms with Crippen molar-refractivity contribution in [1.82, 2.24) is 0 Å². The Bertz CT molecular complexity index is 243. The summed E-state index contributed by atoms with van der Waals surface area (Å²) in [5.74, 6) is -1.49. The molecule has 0 fully saturated rings. The minimum atomic E-state index is -4.44. The molecule has 72 valence electrons. The quantitative estimate of drug-likeness (QED) is 0.625. The highest BCUT2D eigenvalue weighted by Gasteiger charge is 2.29. The number of hydrogen-bond donors (Lipinski definition) is 2. The molecular weight excluding hydrogens is 184 g/mol. The van der Waals surface area contributed by atoms with Crippen LogP contribution in [-0.4, -0.2) is 29.3 Å². The third-order valence-corrected chi connectivity index (χ3v) is 2.61. The monoisotopic (exact) mass is 196 g/mol. The lowest BCUT2D eigenvalue weighted by Crippen LogP contribution is -2.29. The summed E-state index contributed by atoms with van der Waals surface area (Å²) >= 11 is 0. The van der Waals surface area contributed by atoms with Crippen LogP contribution >= 0.6 is 0 Å². The standard InChI is InChI=1S/C6H12O5S/c1-2-3-4-5(6(7)8)12(9,10)11/h5H,2-4H2,1H3,(H,7,8)(H,9,10,11)/t5-/m0/s1. The van der Waals surface area contributed by atoms with Gasteiger partial charge in [-0.15, -0.1) is 0 Å². The van der Waals surface area contributed by atoms with Crippen LogP contribution in [0.25, 0.3) is 0 Å². The molecule has 0 bridgehead atoms. The van der Waals surface area contributed by atoms with Crippen molar-refractivity contribution in [3.63, 3.8) is 0 Å². The molecule has 0 aliphatic heterocycles. The molecule has 0 heterocycles. The van der Waals surface area contributed by atoms with Crippen molar-refractivity contribution in [2.24, 2.45) is 0 Å². The molecule has 0 spiro atoms. The predicted octanol–water partition coefficient (Wildman–Crippen LogP) is 0.518. The zero-order valence-corrected chi connectivity index (χ0v) is 7.54. The number of unbranched alkanes of at least 4 members (excludes halogenated alkanes) is 1. The van der Waals surface area contributed by atoms with Crippen LogP contribution in [0.1, 0.15) is 26.2 Å². The van der Waals surface area contributed by atoms with E-state index in [4.69, 9.17) is 9.66 Å². The van der Waals surface area contributed by atoms with E-state index in [1.165, 1.54) is 0 Å². The molecule has 6 heteroatoms. The lowest BCUT2D eigenvalue weighted by molar-refractivity contribution is -0.136. The minimum Gasteiger partial charge on any atom is -0.480 e. The first-order valence-corrected chi connectivity index (χ1v) is 5.09. The van der Waals surface area contributed by atoms with Gasteiger partial charge in [0.1, 0.15) is 0 Å². The SMILES string of the molecule is CCCC[C@@H](C(=O)O)S(=O)(=O)O. The Balaban J connectivity index is 4.36. The largest absolute Gasteiger partial charge is 0.480 e. The fourth-order valence-electron chi connectivity index (χ4n) is 0.789. The summed E-state index contributed by atoms with van der Waals surface area (Å²) in [7, 11) is -4.44. The normalized spacial score (nSPS) is 14.2. The van der Waals surface area contributed by atoms with E-state index < -0.39 is 21.3 Å². The third kappa shape index (κ3) is 3.68. The van der Waals surface area contributed by atoms with Crippen molar-refractivity contribution in [3.05, 3.63) is 0 Å². The fraction of sp³-hybridized carbons (Fsp3) is 0.833. The molecule has 1 atom stereocenters. The van der Waals surface area contributed by atoms with Gasteiger partial charge in [-0.1, -0.05) is 19.8 Å². The highest BCUT2D eigenvalue weighted by atomic mass is 32.2. The number of aliphatic carboxylic acids is 1. The van der Waals surface area contributed by atoms with Gasteiger partial charge in [-0.3, -0.25) is 9.35 Å². The van der Waals surface area contributed by atoms with Crippen LogP contribution in [0.4, 0.5) is 0 Å². The van der Waals surface area contributed by atoms with Crippen LogP contribution < -0.4 is 0 Å². The van der Waals surface area contributed by atoms with E-state index in [2.05, 4.69) is 0 Å². The van der Waals surface area contributed by atoms with Gasteiger partial charge in [0, 0.05) is 0 Å². The molecule has 12 heavy (non-hydrogen) atoms. The number of rotatable bonds is 5. The summed E-state index contributed by atoms with van der Waals surface area (Å²) in [6.45, 7) is 1.81. The van der Waals surface area contributed by atoms with Crippen molar-refractivity contribution in [2.45, 2.75) is 31.4 Å². The van der Waals surface area contributed by atoms with Gasteiger partial charge in [-0.2, -0.15) is 8.42 Å². The highest BCUT2D eigenvalue weighted by molar-refractivity contribution is 7.87. The Kier molecular flexibility index (Phi) is 4.19. The molecule has 0 aromatic carbocycles. The third-order valence-electron chi connectivity index (χ3n) is 1.45. The number of hydrogen-bond acceptors (Lipinski definition) is 3. The van der Waals surface area contributed by atoms with Gasteiger partial charge >= 0.3 is 5.97 Å². The van der Waals surface area contributed by atoms with E-state index in [1.54, 1.807) is 0 Å². The molecule has 0 aliphatic rings. The molecule has 0 saturated carbocycles. The number of carboxylic acid groups (broad SMARTS) is 1. The smallest absolute Gasteiger partial charge is 0.324 e. The van der Waals surface area contributed by atoms with Crippen molar-refractivity contribution in [3.8, 4) is 0 Å². The Morgan fingerprint density at radius 3 is 2.25 bits per heavy atom. The van der Waals surface area contributed by atoms with Crippen molar-refractivity contribution >= 4 is 16.1 Å². The molecular formula is C6H12O5S. The van der Waals surface area contributed by atoms with Crippen LogP contribution in [0.5, 0.6) is 0 Å². The van der Waals surface area contributed by atoms with E-state index in [0.717, 1.165) is 0 Å². The molecule has 0 radical (unpaired) electrons. The zero-order chi connectivity index (χ0) is 9.78. The summed E-state index contributed by atoms with van der Waals surface area (Å²) in [5, 5.41) is 6.73. The van der Waals surface area contributed by atoms with Crippen molar-refractivity contribution in [2.75, 3.05) is 0 Å². The van der Waals surface area contributed by atoms with Crippen LogP contribution in [0.2, 0.25) is 0 Å². The maximum atomic E-state index is 10.5. The second-order valence-corrected chi connectivity index (χ2v) is 4.08. The molecule has 0 unspecified atom stereocenters. The van der Waals surface area contributed by atoms with E-state index in [0.29, 0.717) is 12.8 Å². The van der Waals surface area contributed by atoms with Gasteiger partial charge in [0.15, 0.2) is 5.25 Å². The lowest BCUT2D eigenvalue weighted by atomic mass is 10.2. The molecule has 0 saturated heterocycles. The first kappa shape index (κ1) is 11.4. The summed E-state index contributed by atoms with van der Waals surface area (Å²) < 4.78 is 29.4. The predicted molar refractivity (Wildman–Crippen MR) is 42.5 cm³/mol. The van der Waals surface area contributed by atoms with Gasteiger partial charge in [0.2, 0.25) is 0 Å². The average molecular weight is 196 g/mol. The van der Waals surface area contributed by atoms with Crippen LogP contribution in [-0.2, 0) is 14.9 Å². The second-order valence-electron chi connectivity index (χ2n) is 2.48. The lowest BCUT2D eigenvalue weighted by Gasteiger charge is -2.06. The molecule has 0 aromatic heterocycles. The Labute approximate surface area is 71.1 Å². The number of carboxylic acids is 1. The molecule has 0 aliphatic carbocycles. The van der Waals surface area contributed by atoms with E-state index in [-0.39, 0.29) is 6.42 Å². The average Bonchev–Trinajstić information content (AvgIpc) is 1.84. The van der Waals surface area contributed by atoms with Crippen LogP contribution in [0.3, 0.4) is 0 Å². The van der Waals surface area contributed by atoms with E-state index >= 15 is 0 Å². The summed E-state index contributed by atoms with van der Waals surface area (Å²) in [5.41, 5.74) is 0. The van der Waals surface area contributed by atoms with E-state index in [1.807, 2.05) is 6.92 Å². The fourth-order valence-corrected chi connectivity index (χ4v) is 1.51. The van der Waals surface area contributed by atoms with Gasteiger partial charge in [-0.25, -0.2) is 0 Å². The van der Waals surface area contributed by atoms with Gasteiger partial charge in [-0.05, 0) is 6.42 Å². The van der Waals surface area contributed by atoms with Gasteiger partial charge in [0.05, 0.1) is 0 Å². The summed E-state index contributed by atoms with van der Waals surface area (Å²) in [6, 6.07) is 0. The molecule has 5 nitrogen and oxygen atoms in total. The second kappa shape index (κ2) is 4.42. The Hall–Kier alpha value is -0.620. The summed E-state index contributed by atoms with van der Waals surface area (Å²) in [4.78, 5) is 10.3. The highest BCUT2D eigenvalue weighted by Crippen LogP contribution is 2.08. The molecule has 0 rings (SSSR count). The topological polar surface area (TPSA) is 91.7 Å². The zero-order valence-electron chi connectivity index (χ0n) is 6.73. The Morgan fingerprint density at radius 2 is 2.00 bits per heavy atom. The van der Waals surface area contributed by atoms with Crippen LogP contribution in [0.15, 0.2) is 0 Å². The van der Waals surface area contributed by atoms with Gasteiger partial charge in [0.25, 0.3) is 10.1 Å². The van der Waals surface area contributed by atoms with Crippen LogP contribution in [0, 0.1) is 0 Å². The first-order chi connectivity index (χ1) is 5.39.